The summed E-state index contributed by atoms with van der Waals surface area (Å²) in [7, 11) is 0. The lowest BCUT2D eigenvalue weighted by Gasteiger charge is -2.36. The number of ether oxygens (including phenoxy) is 2. The molecule has 3 heteroatoms. The summed E-state index contributed by atoms with van der Waals surface area (Å²) in [5.41, 5.74) is 4.26. The van der Waals surface area contributed by atoms with Gasteiger partial charge in [-0.2, -0.15) is 0 Å². The lowest BCUT2D eigenvalue weighted by molar-refractivity contribution is -0.360. The first kappa shape index (κ1) is 17.6. The fourth-order valence-electron chi connectivity index (χ4n) is 3.09. The van der Waals surface area contributed by atoms with Crippen LogP contribution in [0.4, 0.5) is 0 Å². The molecule has 25 heavy (non-hydrogen) atoms. The third-order valence-corrected chi connectivity index (χ3v) is 4.52. The van der Waals surface area contributed by atoms with Crippen LogP contribution in [0.15, 0.2) is 71.8 Å². The number of aldehydes is 1. The van der Waals surface area contributed by atoms with Crippen LogP contribution in [-0.2, 0) is 27.1 Å². The molecule has 0 aromatic heterocycles. The van der Waals surface area contributed by atoms with Crippen molar-refractivity contribution in [3.8, 4) is 0 Å². The summed E-state index contributed by atoms with van der Waals surface area (Å²) in [6, 6.07) is 20.5. The Balaban J connectivity index is 1.72. The van der Waals surface area contributed by atoms with Crippen molar-refractivity contribution in [3.63, 3.8) is 0 Å². The monoisotopic (exact) mass is 336 g/mol. The van der Waals surface area contributed by atoms with Crippen molar-refractivity contribution >= 4 is 6.29 Å². The van der Waals surface area contributed by atoms with Crippen molar-refractivity contribution in [2.45, 2.75) is 45.2 Å². The van der Waals surface area contributed by atoms with Gasteiger partial charge in [-0.05, 0) is 54.9 Å². The minimum absolute atomic E-state index is 0.196. The molecule has 0 saturated carbocycles. The third kappa shape index (κ3) is 4.88. The molecule has 2 aromatic carbocycles. The molecular formula is C22H24O3. The standard InChI is InChI=1S/C22H24O3/c1-17-24-22(25-17)21(15-13-19-10-6-3-7-11-19)20(16-23)14-12-18-8-4-2-5-9-18/h2-11,16-17,22H,12-15H2,1H3/b21-20-. The fourth-order valence-corrected chi connectivity index (χ4v) is 3.09. The maximum absolute atomic E-state index is 11.7. The Morgan fingerprint density at radius 3 is 1.88 bits per heavy atom. The molecule has 1 aliphatic rings. The quantitative estimate of drug-likeness (QED) is 0.527. The average molecular weight is 336 g/mol. The number of rotatable bonds is 8. The first-order valence-electron chi connectivity index (χ1n) is 8.82. The molecule has 3 rings (SSSR count). The van der Waals surface area contributed by atoms with Crippen molar-refractivity contribution in [2.75, 3.05) is 0 Å². The first-order chi connectivity index (χ1) is 12.3. The van der Waals surface area contributed by atoms with Crippen LogP contribution in [0.5, 0.6) is 0 Å². The second-order valence-electron chi connectivity index (χ2n) is 6.31. The topological polar surface area (TPSA) is 35.5 Å². The summed E-state index contributed by atoms with van der Waals surface area (Å²) in [5, 5.41) is 0. The van der Waals surface area contributed by atoms with Gasteiger partial charge >= 0.3 is 0 Å². The molecule has 1 saturated heterocycles. The van der Waals surface area contributed by atoms with Crippen LogP contribution < -0.4 is 0 Å². The summed E-state index contributed by atoms with van der Waals surface area (Å²) in [4.78, 5) is 11.7. The van der Waals surface area contributed by atoms with Crippen molar-refractivity contribution < 1.29 is 14.3 Å². The third-order valence-electron chi connectivity index (χ3n) is 4.52. The summed E-state index contributed by atoms with van der Waals surface area (Å²) in [5.74, 6) is 0. The summed E-state index contributed by atoms with van der Waals surface area (Å²) in [6.07, 6.45) is 3.58. The van der Waals surface area contributed by atoms with Gasteiger partial charge < -0.3 is 9.47 Å². The van der Waals surface area contributed by atoms with Crippen LogP contribution >= 0.6 is 0 Å². The first-order valence-corrected chi connectivity index (χ1v) is 8.82. The molecule has 0 amide bonds. The molecule has 0 bridgehead atoms. The van der Waals surface area contributed by atoms with E-state index in [4.69, 9.17) is 9.47 Å². The van der Waals surface area contributed by atoms with Crippen molar-refractivity contribution in [2.24, 2.45) is 0 Å². The minimum atomic E-state index is -0.380. The molecule has 0 radical (unpaired) electrons. The van der Waals surface area contributed by atoms with Gasteiger partial charge in [0.05, 0.1) is 0 Å². The zero-order chi connectivity index (χ0) is 17.5. The van der Waals surface area contributed by atoms with E-state index in [2.05, 4.69) is 24.3 Å². The van der Waals surface area contributed by atoms with Gasteiger partial charge in [0.15, 0.2) is 12.6 Å². The molecule has 1 aliphatic heterocycles. The molecular weight excluding hydrogens is 312 g/mol. The molecule has 3 nitrogen and oxygen atoms in total. The number of carbonyl (C=O) groups excluding carboxylic acids is 1. The summed E-state index contributed by atoms with van der Waals surface area (Å²) >= 11 is 0. The average Bonchev–Trinajstić information content (AvgIpc) is 2.64. The van der Waals surface area contributed by atoms with Crippen molar-refractivity contribution in [3.05, 3.63) is 82.9 Å². The Labute approximate surface area is 149 Å². The molecule has 0 N–H and O–H groups in total. The maximum atomic E-state index is 11.7. The SMILES string of the molecule is CC1OC(/C(CCc2ccccc2)=C(\C=O)CCc2ccccc2)O1. The highest BCUT2D eigenvalue weighted by Crippen LogP contribution is 2.29. The molecule has 2 aromatic rings. The number of hydrogen-bond donors (Lipinski definition) is 0. The highest BCUT2D eigenvalue weighted by atomic mass is 16.9. The second-order valence-corrected chi connectivity index (χ2v) is 6.31. The van der Waals surface area contributed by atoms with E-state index in [0.717, 1.165) is 36.7 Å². The smallest absolute Gasteiger partial charge is 0.186 e. The van der Waals surface area contributed by atoms with Crippen LogP contribution in [-0.4, -0.2) is 18.9 Å². The molecule has 0 unspecified atom stereocenters. The van der Waals surface area contributed by atoms with Crippen LogP contribution in [0.3, 0.4) is 0 Å². The normalized spacial score (nSPS) is 20.5. The van der Waals surface area contributed by atoms with E-state index in [0.29, 0.717) is 6.42 Å². The van der Waals surface area contributed by atoms with Crippen molar-refractivity contribution in [1.82, 2.24) is 0 Å². The fraction of sp³-hybridized carbons (Fsp3) is 0.318. The number of aryl methyl sites for hydroxylation is 2. The Morgan fingerprint density at radius 1 is 0.880 bits per heavy atom. The molecule has 1 heterocycles. The Hall–Kier alpha value is -2.23. The van der Waals surface area contributed by atoms with Crippen LogP contribution in [0.1, 0.15) is 30.9 Å². The van der Waals surface area contributed by atoms with Crippen LogP contribution in [0.2, 0.25) is 0 Å². The summed E-state index contributed by atoms with van der Waals surface area (Å²) in [6.45, 7) is 1.87. The molecule has 0 spiro atoms. The van der Waals surface area contributed by atoms with E-state index in [-0.39, 0.29) is 12.6 Å². The van der Waals surface area contributed by atoms with E-state index in [9.17, 15) is 4.79 Å². The lowest BCUT2D eigenvalue weighted by Crippen LogP contribution is -2.40. The molecule has 130 valence electrons. The van der Waals surface area contributed by atoms with Crippen molar-refractivity contribution in [1.29, 1.82) is 0 Å². The Kier molecular flexibility index (Phi) is 6.15. The van der Waals surface area contributed by atoms with Crippen LogP contribution in [0.25, 0.3) is 0 Å². The van der Waals surface area contributed by atoms with Gasteiger partial charge in [-0.15, -0.1) is 0 Å². The van der Waals surface area contributed by atoms with Gasteiger partial charge in [-0.1, -0.05) is 60.7 Å². The lowest BCUT2D eigenvalue weighted by atomic mass is 9.95. The maximum Gasteiger partial charge on any atom is 0.186 e. The van der Waals surface area contributed by atoms with E-state index in [1.807, 2.05) is 43.3 Å². The number of hydrogen-bond acceptors (Lipinski definition) is 3. The molecule has 1 fully saturated rings. The largest absolute Gasteiger partial charge is 0.320 e. The second kappa shape index (κ2) is 8.75. The number of allylic oxidation sites excluding steroid dienone is 1. The molecule has 0 aliphatic carbocycles. The Bertz CT molecular complexity index is 701. The predicted octanol–water partition coefficient (Wildman–Crippen LogP) is 4.47. The number of benzene rings is 2. The Morgan fingerprint density at radius 2 is 1.40 bits per heavy atom. The number of carbonyl (C=O) groups is 1. The van der Waals surface area contributed by atoms with Gasteiger partial charge in [0.25, 0.3) is 0 Å². The van der Waals surface area contributed by atoms with Crippen LogP contribution in [0, 0.1) is 0 Å². The van der Waals surface area contributed by atoms with E-state index < -0.39 is 0 Å². The van der Waals surface area contributed by atoms with Gasteiger partial charge in [-0.25, -0.2) is 0 Å². The van der Waals surface area contributed by atoms with E-state index in [1.165, 1.54) is 11.1 Å². The highest BCUT2D eigenvalue weighted by Gasteiger charge is 2.31. The van der Waals surface area contributed by atoms with E-state index in [1.54, 1.807) is 0 Å². The zero-order valence-electron chi connectivity index (χ0n) is 14.6. The predicted molar refractivity (Wildman–Crippen MR) is 98.0 cm³/mol. The zero-order valence-corrected chi connectivity index (χ0v) is 14.6. The minimum Gasteiger partial charge on any atom is -0.320 e. The molecule has 0 atom stereocenters. The van der Waals surface area contributed by atoms with Gasteiger partial charge in [0.2, 0.25) is 0 Å². The highest BCUT2D eigenvalue weighted by molar-refractivity contribution is 5.75. The van der Waals surface area contributed by atoms with Gasteiger partial charge in [-0.3, -0.25) is 4.79 Å². The van der Waals surface area contributed by atoms with E-state index >= 15 is 0 Å². The van der Waals surface area contributed by atoms with Gasteiger partial charge in [0.1, 0.15) is 6.29 Å². The summed E-state index contributed by atoms with van der Waals surface area (Å²) < 4.78 is 11.4. The van der Waals surface area contributed by atoms with Gasteiger partial charge in [0, 0.05) is 0 Å².